The second-order valence-electron chi connectivity index (χ2n) is 8.01. The first-order valence-electron chi connectivity index (χ1n) is 11.6. The molecule has 0 N–H and O–H groups in total. The lowest BCUT2D eigenvalue weighted by Crippen LogP contribution is -2.24. The van der Waals surface area contributed by atoms with Crippen LogP contribution in [0.15, 0.2) is 53.3 Å². The van der Waals surface area contributed by atoms with Gasteiger partial charge in [0, 0.05) is 25.4 Å². The molecular formula is C26H27N5O3. The monoisotopic (exact) mass is 457 g/mol. The summed E-state index contributed by atoms with van der Waals surface area (Å²) in [6.07, 6.45) is 0.730. The van der Waals surface area contributed by atoms with Crippen LogP contribution < -0.4 is 10.3 Å². The molecule has 0 spiro atoms. The normalized spacial score (nSPS) is 11.6. The molecule has 0 aliphatic rings. The number of hydrogen-bond acceptors (Lipinski definition) is 6. The number of aryl methyl sites for hydroxylation is 1. The van der Waals surface area contributed by atoms with E-state index in [4.69, 9.17) is 24.4 Å². The first kappa shape index (κ1) is 22.0. The van der Waals surface area contributed by atoms with Gasteiger partial charge in [0.25, 0.3) is 5.56 Å². The van der Waals surface area contributed by atoms with Gasteiger partial charge in [-0.15, -0.1) is 0 Å². The number of para-hydroxylation sites is 2. The third-order valence-corrected chi connectivity index (χ3v) is 5.83. The molecule has 0 aliphatic carbocycles. The molecule has 34 heavy (non-hydrogen) atoms. The lowest BCUT2D eigenvalue weighted by atomic mass is 10.3. The SMILES string of the molecule is CCOCCCn1c(C)nc2c(c1=O)c1nc3ccccc3nc1n2-c1ccc(OCC)cc1. The fourth-order valence-electron chi connectivity index (χ4n) is 4.27. The molecule has 8 heteroatoms. The average molecular weight is 458 g/mol. The van der Waals surface area contributed by atoms with Gasteiger partial charge in [-0.2, -0.15) is 0 Å². The summed E-state index contributed by atoms with van der Waals surface area (Å²) in [5, 5.41) is 0.476. The first-order valence-corrected chi connectivity index (χ1v) is 11.6. The topological polar surface area (TPSA) is 84.1 Å². The van der Waals surface area contributed by atoms with Crippen molar-refractivity contribution in [1.29, 1.82) is 0 Å². The van der Waals surface area contributed by atoms with E-state index in [2.05, 4.69) is 0 Å². The molecule has 0 unspecified atom stereocenters. The van der Waals surface area contributed by atoms with Gasteiger partial charge in [-0.25, -0.2) is 15.0 Å². The molecule has 0 amide bonds. The molecule has 0 radical (unpaired) electrons. The van der Waals surface area contributed by atoms with Crippen molar-refractivity contribution in [2.75, 3.05) is 19.8 Å². The lowest BCUT2D eigenvalue weighted by Gasteiger charge is -2.11. The summed E-state index contributed by atoms with van der Waals surface area (Å²) in [4.78, 5) is 28.4. The van der Waals surface area contributed by atoms with E-state index in [1.807, 2.05) is 73.9 Å². The molecule has 0 fully saturated rings. The van der Waals surface area contributed by atoms with Gasteiger partial charge in [0.15, 0.2) is 11.3 Å². The Kier molecular flexibility index (Phi) is 5.98. The van der Waals surface area contributed by atoms with Crippen molar-refractivity contribution < 1.29 is 9.47 Å². The van der Waals surface area contributed by atoms with Crippen molar-refractivity contribution in [3.8, 4) is 11.4 Å². The van der Waals surface area contributed by atoms with Crippen LogP contribution in [0.5, 0.6) is 5.75 Å². The van der Waals surface area contributed by atoms with Crippen LogP contribution in [0.2, 0.25) is 0 Å². The van der Waals surface area contributed by atoms with E-state index in [1.165, 1.54) is 0 Å². The summed E-state index contributed by atoms with van der Waals surface area (Å²) in [6, 6.07) is 15.4. The molecule has 3 aromatic heterocycles. The third kappa shape index (κ3) is 3.80. The smallest absolute Gasteiger partial charge is 0.265 e. The molecule has 5 aromatic rings. The van der Waals surface area contributed by atoms with Gasteiger partial charge in [-0.05, 0) is 63.6 Å². The van der Waals surface area contributed by atoms with Crippen LogP contribution in [0.25, 0.3) is 38.9 Å². The summed E-state index contributed by atoms with van der Waals surface area (Å²) in [5.74, 6) is 1.43. The number of ether oxygens (including phenoxy) is 2. The van der Waals surface area contributed by atoms with Gasteiger partial charge < -0.3 is 9.47 Å². The van der Waals surface area contributed by atoms with Crippen molar-refractivity contribution in [2.45, 2.75) is 33.7 Å². The number of hydrogen-bond donors (Lipinski definition) is 0. The highest BCUT2D eigenvalue weighted by atomic mass is 16.5. The van der Waals surface area contributed by atoms with E-state index in [0.717, 1.165) is 28.9 Å². The minimum Gasteiger partial charge on any atom is -0.494 e. The zero-order chi connectivity index (χ0) is 23.7. The second kappa shape index (κ2) is 9.23. The largest absolute Gasteiger partial charge is 0.494 e. The van der Waals surface area contributed by atoms with Crippen LogP contribution in [-0.4, -0.2) is 43.9 Å². The lowest BCUT2D eigenvalue weighted by molar-refractivity contribution is 0.141. The second-order valence-corrected chi connectivity index (χ2v) is 8.01. The Hall–Kier alpha value is -3.78. The maximum atomic E-state index is 13.7. The number of fused-ring (bicyclic) bond motifs is 4. The van der Waals surface area contributed by atoms with Crippen LogP contribution >= 0.6 is 0 Å². The Bertz CT molecular complexity index is 1540. The van der Waals surface area contributed by atoms with Gasteiger partial charge in [0.05, 0.1) is 17.6 Å². The van der Waals surface area contributed by atoms with Gasteiger partial charge in [0.1, 0.15) is 22.5 Å². The van der Waals surface area contributed by atoms with Crippen molar-refractivity contribution in [3.63, 3.8) is 0 Å². The van der Waals surface area contributed by atoms with Crippen LogP contribution in [0.4, 0.5) is 0 Å². The van der Waals surface area contributed by atoms with Crippen molar-refractivity contribution in [1.82, 2.24) is 24.1 Å². The highest BCUT2D eigenvalue weighted by molar-refractivity contribution is 6.05. The Labute approximate surface area is 196 Å². The zero-order valence-electron chi connectivity index (χ0n) is 19.6. The molecule has 0 saturated heterocycles. The minimum atomic E-state index is -0.113. The van der Waals surface area contributed by atoms with E-state index in [9.17, 15) is 4.79 Å². The van der Waals surface area contributed by atoms with Crippen molar-refractivity contribution in [3.05, 3.63) is 64.7 Å². The van der Waals surface area contributed by atoms with Crippen molar-refractivity contribution >= 4 is 33.2 Å². The highest BCUT2D eigenvalue weighted by Crippen LogP contribution is 2.29. The van der Waals surface area contributed by atoms with E-state index in [-0.39, 0.29) is 5.56 Å². The van der Waals surface area contributed by atoms with E-state index in [1.54, 1.807) is 4.57 Å². The van der Waals surface area contributed by atoms with Crippen LogP contribution in [0.3, 0.4) is 0 Å². The van der Waals surface area contributed by atoms with Crippen LogP contribution in [0.1, 0.15) is 26.1 Å². The van der Waals surface area contributed by atoms with E-state index in [0.29, 0.717) is 54.4 Å². The minimum absolute atomic E-state index is 0.113. The predicted molar refractivity (Wildman–Crippen MR) is 133 cm³/mol. The Morgan fingerprint density at radius 2 is 1.62 bits per heavy atom. The number of nitrogens with zero attached hydrogens (tertiary/aromatic N) is 5. The molecule has 8 nitrogen and oxygen atoms in total. The maximum absolute atomic E-state index is 13.7. The fraction of sp³-hybridized carbons (Fsp3) is 0.308. The molecule has 0 saturated carbocycles. The van der Waals surface area contributed by atoms with Crippen LogP contribution in [0, 0.1) is 6.92 Å². The first-order chi connectivity index (χ1) is 16.6. The van der Waals surface area contributed by atoms with Gasteiger partial charge in [-0.1, -0.05) is 12.1 Å². The summed E-state index contributed by atoms with van der Waals surface area (Å²) in [6.45, 7) is 8.15. The fourth-order valence-corrected chi connectivity index (χ4v) is 4.27. The molecule has 2 aromatic carbocycles. The number of rotatable bonds is 8. The van der Waals surface area contributed by atoms with E-state index >= 15 is 0 Å². The average Bonchev–Trinajstić information content (AvgIpc) is 3.15. The standard InChI is InChI=1S/C26H27N5O3/c1-4-33-16-8-15-30-17(3)27-24-22(26(30)32)23-25(29-21-10-7-6-9-20(21)28-23)31(24)18-11-13-19(14-12-18)34-5-2/h6-7,9-14H,4-5,8,15-16H2,1-3H3. The summed E-state index contributed by atoms with van der Waals surface area (Å²) >= 11 is 0. The highest BCUT2D eigenvalue weighted by Gasteiger charge is 2.22. The molecular weight excluding hydrogens is 430 g/mol. The number of aromatic nitrogens is 5. The zero-order valence-corrected chi connectivity index (χ0v) is 19.6. The predicted octanol–water partition coefficient (Wildman–Crippen LogP) is 4.42. The van der Waals surface area contributed by atoms with Gasteiger partial charge >= 0.3 is 0 Å². The molecule has 0 aliphatic heterocycles. The molecule has 174 valence electrons. The summed E-state index contributed by atoms with van der Waals surface area (Å²) < 4.78 is 14.7. The Morgan fingerprint density at radius 3 is 2.32 bits per heavy atom. The van der Waals surface area contributed by atoms with E-state index < -0.39 is 0 Å². The van der Waals surface area contributed by atoms with Gasteiger partial charge in [-0.3, -0.25) is 13.9 Å². The third-order valence-electron chi connectivity index (χ3n) is 5.83. The quantitative estimate of drug-likeness (QED) is 0.321. The Balaban J connectivity index is 1.78. The Morgan fingerprint density at radius 1 is 0.882 bits per heavy atom. The number of benzene rings is 2. The molecule has 0 bridgehead atoms. The maximum Gasteiger partial charge on any atom is 0.265 e. The van der Waals surface area contributed by atoms with Crippen LogP contribution in [-0.2, 0) is 11.3 Å². The van der Waals surface area contributed by atoms with Gasteiger partial charge in [0.2, 0.25) is 0 Å². The summed E-state index contributed by atoms with van der Waals surface area (Å²) in [7, 11) is 0. The molecule has 3 heterocycles. The van der Waals surface area contributed by atoms with Crippen molar-refractivity contribution in [2.24, 2.45) is 0 Å². The molecule has 0 atom stereocenters. The molecule has 5 rings (SSSR count). The summed E-state index contributed by atoms with van der Waals surface area (Å²) in [5.41, 5.74) is 3.94.